The number of hydrogen-bond acceptors (Lipinski definition) is 2. The van der Waals surface area contributed by atoms with Crippen LogP contribution in [0.1, 0.15) is 38.5 Å². The summed E-state index contributed by atoms with van der Waals surface area (Å²) in [4.78, 5) is 5.31. The molecular formula is C14H24N2. The Balaban J connectivity index is 1.38. The standard InChI is InChI=1S/C14H24N2/c1-2-8-15(7-1)11-12-16-9-5-14(6-10-16)13-3-4-13/h1-12H2. The van der Waals surface area contributed by atoms with Gasteiger partial charge in [-0.15, -0.1) is 0 Å². The van der Waals surface area contributed by atoms with Crippen molar-refractivity contribution in [3.05, 3.63) is 11.1 Å². The lowest BCUT2D eigenvalue weighted by molar-refractivity contribution is 0.214. The minimum Gasteiger partial charge on any atom is -0.302 e. The van der Waals surface area contributed by atoms with Crippen LogP contribution in [0.2, 0.25) is 0 Å². The Morgan fingerprint density at radius 1 is 0.625 bits per heavy atom. The van der Waals surface area contributed by atoms with Gasteiger partial charge >= 0.3 is 0 Å². The number of piperidine rings is 1. The van der Waals surface area contributed by atoms with Crippen LogP contribution in [0.4, 0.5) is 0 Å². The van der Waals surface area contributed by atoms with Gasteiger partial charge in [-0.1, -0.05) is 11.1 Å². The van der Waals surface area contributed by atoms with Crippen LogP contribution in [0.3, 0.4) is 0 Å². The molecule has 0 amide bonds. The second-order valence-electron chi connectivity index (χ2n) is 5.60. The van der Waals surface area contributed by atoms with Gasteiger partial charge in [0.05, 0.1) is 0 Å². The van der Waals surface area contributed by atoms with Crippen molar-refractivity contribution in [2.75, 3.05) is 39.3 Å². The van der Waals surface area contributed by atoms with Crippen LogP contribution in [0, 0.1) is 0 Å². The molecule has 16 heavy (non-hydrogen) atoms. The summed E-state index contributed by atoms with van der Waals surface area (Å²) in [6.45, 7) is 7.97. The van der Waals surface area contributed by atoms with E-state index in [1.165, 1.54) is 77.8 Å². The molecule has 0 aromatic carbocycles. The summed E-state index contributed by atoms with van der Waals surface area (Å²) in [7, 11) is 0. The molecule has 2 heteroatoms. The van der Waals surface area contributed by atoms with E-state index in [1.807, 2.05) is 5.57 Å². The largest absolute Gasteiger partial charge is 0.302 e. The van der Waals surface area contributed by atoms with Crippen LogP contribution in [0.15, 0.2) is 11.1 Å². The molecule has 0 N–H and O–H groups in total. The lowest BCUT2D eigenvalue weighted by Crippen LogP contribution is -2.37. The Kier molecular flexibility index (Phi) is 3.30. The first-order valence-electron chi connectivity index (χ1n) is 7.06. The molecule has 2 nitrogen and oxygen atoms in total. The van der Waals surface area contributed by atoms with Crippen LogP contribution in [-0.2, 0) is 0 Å². The number of nitrogens with zero attached hydrogens (tertiary/aromatic N) is 2. The van der Waals surface area contributed by atoms with Gasteiger partial charge in [0.2, 0.25) is 0 Å². The van der Waals surface area contributed by atoms with Gasteiger partial charge in [-0.2, -0.15) is 0 Å². The molecule has 1 aliphatic carbocycles. The fourth-order valence-electron chi connectivity index (χ4n) is 3.11. The van der Waals surface area contributed by atoms with E-state index >= 15 is 0 Å². The Bertz CT molecular complexity index is 260. The van der Waals surface area contributed by atoms with Gasteiger partial charge in [0, 0.05) is 26.2 Å². The highest BCUT2D eigenvalue weighted by Gasteiger charge is 2.22. The molecule has 3 aliphatic rings. The Hall–Kier alpha value is -0.340. The maximum atomic E-state index is 2.67. The summed E-state index contributed by atoms with van der Waals surface area (Å²) in [5, 5.41) is 0. The molecule has 0 unspecified atom stereocenters. The molecule has 3 rings (SSSR count). The smallest absolute Gasteiger partial charge is 0.0110 e. The van der Waals surface area contributed by atoms with E-state index in [9.17, 15) is 0 Å². The SMILES string of the molecule is C1CCN(CCN2CCC(=C3CC3)CC2)C1. The van der Waals surface area contributed by atoms with Crippen LogP contribution in [-0.4, -0.2) is 49.1 Å². The van der Waals surface area contributed by atoms with Crippen molar-refractivity contribution in [3.63, 3.8) is 0 Å². The van der Waals surface area contributed by atoms with Gasteiger partial charge in [0.25, 0.3) is 0 Å². The Morgan fingerprint density at radius 2 is 1.12 bits per heavy atom. The van der Waals surface area contributed by atoms with Crippen molar-refractivity contribution in [1.82, 2.24) is 9.80 Å². The average molecular weight is 220 g/mol. The summed E-state index contributed by atoms with van der Waals surface area (Å²) >= 11 is 0. The molecule has 0 spiro atoms. The fraction of sp³-hybridized carbons (Fsp3) is 0.857. The molecular weight excluding hydrogens is 196 g/mol. The van der Waals surface area contributed by atoms with Crippen LogP contribution in [0.25, 0.3) is 0 Å². The van der Waals surface area contributed by atoms with Crippen LogP contribution >= 0.6 is 0 Å². The van der Waals surface area contributed by atoms with Gasteiger partial charge in [-0.3, -0.25) is 0 Å². The van der Waals surface area contributed by atoms with E-state index < -0.39 is 0 Å². The quantitative estimate of drug-likeness (QED) is 0.673. The Labute approximate surface area is 99.3 Å². The van der Waals surface area contributed by atoms with E-state index in [4.69, 9.17) is 0 Å². The zero-order valence-corrected chi connectivity index (χ0v) is 10.4. The van der Waals surface area contributed by atoms with Crippen molar-refractivity contribution < 1.29 is 0 Å². The molecule has 0 aromatic heterocycles. The molecule has 0 aromatic rings. The third-order valence-corrected chi connectivity index (χ3v) is 4.39. The number of hydrogen-bond donors (Lipinski definition) is 0. The topological polar surface area (TPSA) is 6.48 Å². The van der Waals surface area contributed by atoms with E-state index in [2.05, 4.69) is 9.80 Å². The van der Waals surface area contributed by atoms with Crippen molar-refractivity contribution >= 4 is 0 Å². The van der Waals surface area contributed by atoms with Gasteiger partial charge in [0.15, 0.2) is 0 Å². The zero-order chi connectivity index (χ0) is 10.8. The molecule has 2 heterocycles. The second kappa shape index (κ2) is 4.89. The van der Waals surface area contributed by atoms with Gasteiger partial charge < -0.3 is 9.80 Å². The minimum atomic E-state index is 1.31. The first kappa shape index (κ1) is 10.8. The maximum Gasteiger partial charge on any atom is 0.0110 e. The summed E-state index contributed by atoms with van der Waals surface area (Å²) in [5.74, 6) is 0. The highest BCUT2D eigenvalue weighted by Crippen LogP contribution is 2.35. The highest BCUT2D eigenvalue weighted by molar-refractivity contribution is 5.26. The highest BCUT2D eigenvalue weighted by atomic mass is 15.2. The van der Waals surface area contributed by atoms with Crippen molar-refractivity contribution in [3.8, 4) is 0 Å². The number of allylic oxidation sites excluding steroid dienone is 1. The third kappa shape index (κ3) is 2.67. The fourth-order valence-corrected chi connectivity index (χ4v) is 3.11. The number of likely N-dealkylation sites (tertiary alicyclic amines) is 2. The lowest BCUT2D eigenvalue weighted by Gasteiger charge is -2.30. The summed E-state index contributed by atoms with van der Waals surface area (Å²) in [6.07, 6.45) is 8.43. The summed E-state index contributed by atoms with van der Waals surface area (Å²) in [6, 6.07) is 0. The van der Waals surface area contributed by atoms with Crippen molar-refractivity contribution in [1.29, 1.82) is 0 Å². The van der Waals surface area contributed by atoms with Gasteiger partial charge in [-0.25, -0.2) is 0 Å². The van der Waals surface area contributed by atoms with E-state index in [-0.39, 0.29) is 0 Å². The molecule has 0 bridgehead atoms. The number of rotatable bonds is 3. The molecule has 2 saturated heterocycles. The van der Waals surface area contributed by atoms with Crippen LogP contribution < -0.4 is 0 Å². The minimum absolute atomic E-state index is 1.31. The zero-order valence-electron chi connectivity index (χ0n) is 10.4. The van der Waals surface area contributed by atoms with E-state index in [0.29, 0.717) is 0 Å². The van der Waals surface area contributed by atoms with Gasteiger partial charge in [0.1, 0.15) is 0 Å². The maximum absolute atomic E-state index is 2.67. The molecule has 90 valence electrons. The molecule has 0 atom stereocenters. The predicted octanol–water partition coefficient (Wildman–Crippen LogP) is 2.27. The first-order chi connectivity index (χ1) is 7.92. The monoisotopic (exact) mass is 220 g/mol. The molecule has 2 aliphatic heterocycles. The van der Waals surface area contributed by atoms with Gasteiger partial charge in [-0.05, 0) is 51.6 Å². The second-order valence-corrected chi connectivity index (χ2v) is 5.60. The van der Waals surface area contributed by atoms with E-state index in [0.717, 1.165) is 0 Å². The van der Waals surface area contributed by atoms with E-state index in [1.54, 1.807) is 5.57 Å². The molecule has 1 saturated carbocycles. The Morgan fingerprint density at radius 3 is 1.69 bits per heavy atom. The summed E-state index contributed by atoms with van der Waals surface area (Å²) in [5.41, 5.74) is 3.62. The lowest BCUT2D eigenvalue weighted by atomic mass is 10.0. The average Bonchev–Trinajstić information content (AvgIpc) is 3.05. The first-order valence-corrected chi connectivity index (χ1v) is 7.06. The van der Waals surface area contributed by atoms with Crippen molar-refractivity contribution in [2.45, 2.75) is 38.5 Å². The predicted molar refractivity (Wildman–Crippen MR) is 67.6 cm³/mol. The third-order valence-electron chi connectivity index (χ3n) is 4.39. The van der Waals surface area contributed by atoms with Crippen molar-refractivity contribution in [2.24, 2.45) is 0 Å². The molecule has 0 radical (unpaired) electrons. The van der Waals surface area contributed by atoms with Crippen LogP contribution in [0.5, 0.6) is 0 Å². The normalized spacial score (nSPS) is 27.8. The summed E-state index contributed by atoms with van der Waals surface area (Å²) < 4.78 is 0. The molecule has 3 fully saturated rings.